The third-order valence-electron chi connectivity index (χ3n) is 4.59. The maximum atomic E-state index is 12.9. The number of nitrogens with zero attached hydrogens (tertiary/aromatic N) is 4. The molecule has 150 valence electrons. The summed E-state index contributed by atoms with van der Waals surface area (Å²) in [6.07, 6.45) is 0.586. The van der Waals surface area contributed by atoms with Crippen LogP contribution in [-0.4, -0.2) is 61.7 Å². The number of benzene rings is 1. The van der Waals surface area contributed by atoms with Crippen LogP contribution in [0.2, 0.25) is 0 Å². The smallest absolute Gasteiger partial charge is 0.265 e. The lowest BCUT2D eigenvalue weighted by atomic mass is 10.2. The van der Waals surface area contributed by atoms with Crippen molar-refractivity contribution in [1.82, 2.24) is 14.4 Å². The molecule has 0 atom stereocenters. The molecule has 28 heavy (non-hydrogen) atoms. The highest BCUT2D eigenvalue weighted by molar-refractivity contribution is 7.89. The fourth-order valence-electron chi connectivity index (χ4n) is 3.09. The van der Waals surface area contributed by atoms with Crippen LogP contribution in [0.4, 0.5) is 5.69 Å². The number of sulfonamides is 1. The monoisotopic (exact) mass is 408 g/mol. The summed E-state index contributed by atoms with van der Waals surface area (Å²) in [6.45, 7) is 3.11. The Balaban J connectivity index is 1.67. The first-order valence-electron chi connectivity index (χ1n) is 8.95. The van der Waals surface area contributed by atoms with Crippen molar-refractivity contribution in [3.05, 3.63) is 29.9 Å². The summed E-state index contributed by atoms with van der Waals surface area (Å²) in [7, 11) is -3.70. The zero-order valence-electron chi connectivity index (χ0n) is 15.3. The van der Waals surface area contributed by atoms with Crippen LogP contribution in [0.3, 0.4) is 0 Å². The number of fused-ring (bicyclic) bond motifs is 1. The van der Waals surface area contributed by atoms with Crippen molar-refractivity contribution >= 4 is 21.6 Å². The third-order valence-corrected chi connectivity index (χ3v) is 6.49. The number of aryl methyl sites for hydroxylation is 1. The van der Waals surface area contributed by atoms with Crippen molar-refractivity contribution in [1.29, 1.82) is 0 Å². The summed E-state index contributed by atoms with van der Waals surface area (Å²) in [4.78, 5) is 18.2. The molecule has 1 aromatic heterocycles. The normalized spacial score (nSPS) is 18.0. The molecular weight excluding hydrogens is 388 g/mol. The molecule has 0 saturated carbocycles. The molecule has 3 heterocycles. The van der Waals surface area contributed by atoms with E-state index < -0.39 is 10.0 Å². The minimum atomic E-state index is -3.70. The number of hydrogen-bond acceptors (Lipinski definition) is 8. The topological polar surface area (TPSA) is 115 Å². The number of carbonyl (C=O) groups is 1. The minimum Gasteiger partial charge on any atom is -0.482 e. The molecule has 1 aromatic carbocycles. The van der Waals surface area contributed by atoms with Gasteiger partial charge in [-0.2, -0.15) is 9.29 Å². The number of amides is 1. The van der Waals surface area contributed by atoms with Gasteiger partial charge in [-0.1, -0.05) is 12.1 Å². The third kappa shape index (κ3) is 3.48. The highest BCUT2D eigenvalue weighted by Gasteiger charge is 2.31. The molecule has 0 unspecified atom stereocenters. The average Bonchev–Trinajstić information content (AvgIpc) is 3.18. The van der Waals surface area contributed by atoms with E-state index in [0.717, 1.165) is 0 Å². The van der Waals surface area contributed by atoms with Crippen LogP contribution in [-0.2, 0) is 32.5 Å². The summed E-state index contributed by atoms with van der Waals surface area (Å²) in [5, 5.41) is 3.87. The van der Waals surface area contributed by atoms with Crippen LogP contribution >= 0.6 is 0 Å². The van der Waals surface area contributed by atoms with Crippen molar-refractivity contribution in [2.24, 2.45) is 0 Å². The maximum absolute atomic E-state index is 12.9. The highest BCUT2D eigenvalue weighted by Crippen LogP contribution is 2.35. The van der Waals surface area contributed by atoms with Crippen molar-refractivity contribution in [3.63, 3.8) is 0 Å². The molecule has 0 aliphatic carbocycles. The van der Waals surface area contributed by atoms with Gasteiger partial charge in [0.15, 0.2) is 12.4 Å². The van der Waals surface area contributed by atoms with E-state index in [1.54, 1.807) is 6.07 Å². The zero-order chi connectivity index (χ0) is 19.7. The highest BCUT2D eigenvalue weighted by atomic mass is 32.2. The lowest BCUT2D eigenvalue weighted by molar-refractivity contribution is -0.121. The molecule has 0 N–H and O–H groups in total. The second kappa shape index (κ2) is 7.49. The van der Waals surface area contributed by atoms with E-state index in [1.807, 2.05) is 6.92 Å². The van der Waals surface area contributed by atoms with E-state index in [4.69, 9.17) is 14.0 Å². The maximum Gasteiger partial charge on any atom is 0.265 e. The molecule has 4 rings (SSSR count). The molecule has 11 heteroatoms. The van der Waals surface area contributed by atoms with Gasteiger partial charge in [-0.25, -0.2) is 8.42 Å². The summed E-state index contributed by atoms with van der Waals surface area (Å²) in [6, 6.07) is 4.51. The molecular formula is C17H20N4O6S. The lowest BCUT2D eigenvalue weighted by Gasteiger charge is -2.30. The van der Waals surface area contributed by atoms with E-state index in [2.05, 4.69) is 10.1 Å². The van der Waals surface area contributed by atoms with Gasteiger partial charge in [-0.15, -0.1) is 0 Å². The number of rotatable bonds is 5. The van der Waals surface area contributed by atoms with Gasteiger partial charge in [0.05, 0.1) is 30.3 Å². The van der Waals surface area contributed by atoms with Crippen LogP contribution < -0.4 is 9.64 Å². The minimum absolute atomic E-state index is 0.0692. The molecule has 0 bridgehead atoms. The van der Waals surface area contributed by atoms with Gasteiger partial charge in [0.1, 0.15) is 5.75 Å². The van der Waals surface area contributed by atoms with E-state index >= 15 is 0 Å². The first kappa shape index (κ1) is 18.8. The van der Waals surface area contributed by atoms with Crippen molar-refractivity contribution in [3.8, 4) is 5.75 Å². The molecule has 0 spiro atoms. The van der Waals surface area contributed by atoms with Crippen LogP contribution in [0.25, 0.3) is 0 Å². The predicted molar refractivity (Wildman–Crippen MR) is 96.4 cm³/mol. The molecule has 2 aromatic rings. The Morgan fingerprint density at radius 2 is 2.00 bits per heavy atom. The molecule has 1 fully saturated rings. The Morgan fingerprint density at radius 3 is 2.71 bits per heavy atom. The summed E-state index contributed by atoms with van der Waals surface area (Å²) in [5.41, 5.74) is 0.369. The Labute approximate surface area is 162 Å². The van der Waals surface area contributed by atoms with Crippen molar-refractivity contribution < 1.29 is 27.2 Å². The quantitative estimate of drug-likeness (QED) is 0.706. The number of aromatic nitrogens is 2. The number of anilines is 1. The van der Waals surface area contributed by atoms with Crippen LogP contribution in [0, 0.1) is 0 Å². The number of hydrogen-bond donors (Lipinski definition) is 0. The van der Waals surface area contributed by atoms with E-state index in [0.29, 0.717) is 55.9 Å². The van der Waals surface area contributed by atoms with Gasteiger partial charge in [0.2, 0.25) is 15.9 Å². The van der Waals surface area contributed by atoms with Crippen LogP contribution in [0.15, 0.2) is 27.6 Å². The fraction of sp³-hybridized carbons (Fsp3) is 0.471. The van der Waals surface area contributed by atoms with Gasteiger partial charge < -0.3 is 14.0 Å². The number of morpholine rings is 1. The van der Waals surface area contributed by atoms with Gasteiger partial charge in [-0.3, -0.25) is 9.69 Å². The second-order valence-electron chi connectivity index (χ2n) is 6.37. The Bertz CT molecular complexity index is 983. The van der Waals surface area contributed by atoms with Crippen LogP contribution in [0.1, 0.15) is 18.6 Å². The first-order chi connectivity index (χ1) is 13.5. The molecule has 0 radical (unpaired) electrons. The number of ether oxygens (including phenoxy) is 2. The summed E-state index contributed by atoms with van der Waals surface area (Å²) >= 11 is 0. The second-order valence-corrected chi connectivity index (χ2v) is 8.31. The van der Waals surface area contributed by atoms with Crippen molar-refractivity contribution in [2.75, 3.05) is 37.8 Å². The van der Waals surface area contributed by atoms with E-state index in [1.165, 1.54) is 21.3 Å². The Kier molecular flexibility index (Phi) is 5.04. The standard InChI is InChI=1S/C17H20N4O6S/c1-2-16-18-15(19-27-16)10-21-13-9-12(3-4-14(13)26-11-17(21)22)28(23,24)20-5-7-25-8-6-20/h3-4,9H,2,5-8,10-11H2,1H3. The largest absolute Gasteiger partial charge is 0.482 e. The zero-order valence-corrected chi connectivity index (χ0v) is 16.1. The molecule has 1 amide bonds. The molecule has 2 aliphatic rings. The summed E-state index contributed by atoms with van der Waals surface area (Å²) in [5.74, 6) is 0.940. The Hall–Kier alpha value is -2.50. The molecule has 1 saturated heterocycles. The summed E-state index contributed by atoms with van der Waals surface area (Å²) < 4.78 is 43.1. The lowest BCUT2D eigenvalue weighted by Crippen LogP contribution is -2.41. The van der Waals surface area contributed by atoms with Gasteiger partial charge >= 0.3 is 0 Å². The molecule has 2 aliphatic heterocycles. The van der Waals surface area contributed by atoms with Crippen molar-refractivity contribution in [2.45, 2.75) is 24.8 Å². The van der Waals surface area contributed by atoms with Crippen LogP contribution in [0.5, 0.6) is 5.75 Å². The fourth-order valence-corrected chi connectivity index (χ4v) is 4.52. The average molecular weight is 408 g/mol. The van der Waals surface area contributed by atoms with E-state index in [-0.39, 0.29) is 24.0 Å². The predicted octanol–water partition coefficient (Wildman–Crippen LogP) is 0.579. The van der Waals surface area contributed by atoms with Gasteiger partial charge in [0.25, 0.3) is 5.91 Å². The first-order valence-corrected chi connectivity index (χ1v) is 10.4. The molecule has 10 nitrogen and oxygen atoms in total. The Morgan fingerprint density at radius 1 is 1.21 bits per heavy atom. The number of carbonyl (C=O) groups excluding carboxylic acids is 1. The van der Waals surface area contributed by atoms with Gasteiger partial charge in [0, 0.05) is 19.5 Å². The SMILES string of the molecule is CCc1nc(CN2C(=O)COc3ccc(S(=O)(=O)N4CCOCC4)cc32)no1. The van der Waals surface area contributed by atoms with Gasteiger partial charge in [-0.05, 0) is 18.2 Å². The van der Waals surface area contributed by atoms with E-state index in [9.17, 15) is 13.2 Å².